The molecular formula is C22H31F20N3O5Si2. The third kappa shape index (κ3) is 11.7. The predicted octanol–water partition coefficient (Wildman–Crippen LogP) is 4.92. The summed E-state index contributed by atoms with van der Waals surface area (Å²) >= 11 is 0. The normalized spacial score (nSPS) is 15.8. The molecule has 0 aromatic carbocycles. The van der Waals surface area contributed by atoms with Crippen molar-refractivity contribution in [1.29, 1.82) is 0 Å². The lowest BCUT2D eigenvalue weighted by atomic mass is 9.91. The molecule has 0 fully saturated rings. The van der Waals surface area contributed by atoms with Gasteiger partial charge in [0.1, 0.15) is 0 Å². The zero-order valence-electron chi connectivity index (χ0n) is 25.9. The Morgan fingerprint density at radius 3 is 1.40 bits per heavy atom. The van der Waals surface area contributed by atoms with Gasteiger partial charge in [0, 0.05) is 58.2 Å². The fourth-order valence-corrected chi connectivity index (χ4v) is 7.70. The van der Waals surface area contributed by atoms with E-state index in [1.54, 1.807) is 0 Å². The van der Waals surface area contributed by atoms with E-state index in [-0.39, 0.29) is 45.2 Å². The maximum atomic E-state index is 14.0. The summed E-state index contributed by atoms with van der Waals surface area (Å²) in [5, 5.41) is 7.48. The molecule has 8 nitrogen and oxygen atoms in total. The van der Waals surface area contributed by atoms with E-state index >= 15 is 0 Å². The topological polar surface area (TPSA) is 126 Å². The first-order valence-corrected chi connectivity index (χ1v) is 18.0. The second-order valence-electron chi connectivity index (χ2n) is 11.0. The molecule has 0 heterocycles. The lowest BCUT2D eigenvalue weighted by molar-refractivity contribution is -0.423. The van der Waals surface area contributed by atoms with Crippen molar-refractivity contribution < 1.29 is 111 Å². The van der Waals surface area contributed by atoms with Gasteiger partial charge < -0.3 is 39.2 Å². The minimum Gasteiger partial charge on any atom is -0.390 e. The molecule has 0 aromatic rings. The second-order valence-corrected chi connectivity index (χ2v) is 15.8. The smallest absolute Gasteiger partial charge is 0.390 e. The van der Waals surface area contributed by atoms with E-state index in [2.05, 4.69) is 20.1 Å². The number of nitrogens with one attached hydrogen (secondary N) is 3. The van der Waals surface area contributed by atoms with Crippen LogP contribution in [0.25, 0.3) is 0 Å². The van der Waals surface area contributed by atoms with Crippen LogP contribution in [0.1, 0.15) is 19.8 Å². The van der Waals surface area contributed by atoms with E-state index in [0.717, 1.165) is 0 Å². The SMILES string of the molecule is CC(F)(F)C(F)(F)C(F)(F)C(F)(F)C(F)(F)C(F)(F)CC[Si](O)(O)O[Si](O)(O)CCCNCCNCCNC/C=C(\F)C(F)(F)C(F)(F)C(F)(F)F. The van der Waals surface area contributed by atoms with Gasteiger partial charge in [0.25, 0.3) is 0 Å². The highest BCUT2D eigenvalue weighted by atomic mass is 28.5. The zero-order chi connectivity index (χ0) is 41.7. The molecule has 0 unspecified atom stereocenters. The van der Waals surface area contributed by atoms with Crippen molar-refractivity contribution in [2.24, 2.45) is 0 Å². The summed E-state index contributed by atoms with van der Waals surface area (Å²) in [5.41, 5.74) is 0. The van der Waals surface area contributed by atoms with Crippen LogP contribution < -0.4 is 16.0 Å². The molecule has 0 aliphatic heterocycles. The molecule has 7 N–H and O–H groups in total. The first kappa shape index (κ1) is 50.5. The molecule has 0 radical (unpaired) electrons. The molecule has 30 heteroatoms. The Kier molecular flexibility index (Phi) is 16.6. The van der Waals surface area contributed by atoms with E-state index in [1.165, 1.54) is 0 Å². The summed E-state index contributed by atoms with van der Waals surface area (Å²) in [6, 6.07) is -3.14. The first-order valence-electron chi connectivity index (χ1n) is 14.0. The second kappa shape index (κ2) is 17.1. The molecule has 0 amide bonds. The van der Waals surface area contributed by atoms with E-state index in [4.69, 9.17) is 0 Å². The molecule has 0 bridgehead atoms. The third-order valence-electron chi connectivity index (χ3n) is 6.57. The quantitative estimate of drug-likeness (QED) is 0.0415. The Bertz CT molecular complexity index is 1170. The van der Waals surface area contributed by atoms with E-state index in [0.29, 0.717) is 0 Å². The molecule has 0 aromatic heterocycles. The highest BCUT2D eigenvalue weighted by Gasteiger charge is 2.89. The average molecular weight is 854 g/mol. The lowest BCUT2D eigenvalue weighted by Crippen LogP contribution is -2.70. The van der Waals surface area contributed by atoms with Crippen LogP contribution in [-0.2, 0) is 4.12 Å². The van der Waals surface area contributed by atoms with Gasteiger partial charge in [-0.25, -0.2) is 4.39 Å². The highest BCUT2D eigenvalue weighted by Crippen LogP contribution is 2.60. The lowest BCUT2D eigenvalue weighted by Gasteiger charge is -2.41. The minimum atomic E-state index is -7.87. The van der Waals surface area contributed by atoms with Crippen molar-refractivity contribution in [1.82, 2.24) is 16.0 Å². The average Bonchev–Trinajstić information content (AvgIpc) is 2.94. The number of hydrogen-bond donors (Lipinski definition) is 7. The first-order chi connectivity index (χ1) is 22.8. The molecule has 0 rings (SSSR count). The van der Waals surface area contributed by atoms with Crippen LogP contribution in [-0.4, -0.2) is 130 Å². The van der Waals surface area contributed by atoms with Gasteiger partial charge in [0.15, 0.2) is 5.83 Å². The van der Waals surface area contributed by atoms with Crippen molar-refractivity contribution in [3.63, 3.8) is 0 Å². The third-order valence-corrected chi connectivity index (χ3v) is 11.1. The Morgan fingerprint density at radius 1 is 0.558 bits per heavy atom. The standard InChI is InChI=1S/C22H31F20N3O5Si2/c1-14(24,25)17(30,31)20(36,37)21(38,39)18(32,33)15(26,27)4-12-52(48,49)50-51(46,47)11-2-5-43-7-9-45-10-8-44-6-3-13(23)16(28,29)19(34,35)22(40,41)42/h3,43-49H,2,4-12H2,1H3/b13-3-. The molecule has 312 valence electrons. The van der Waals surface area contributed by atoms with Crippen LogP contribution >= 0.6 is 0 Å². The number of alkyl halides is 19. The summed E-state index contributed by atoms with van der Waals surface area (Å²) in [7, 11) is -11.2. The fourth-order valence-electron chi connectivity index (χ4n) is 3.51. The number of hydrogen-bond acceptors (Lipinski definition) is 8. The molecule has 0 saturated carbocycles. The van der Waals surface area contributed by atoms with Gasteiger partial charge in [-0.1, -0.05) is 0 Å². The number of allylic oxidation sites excluding steroid dienone is 1. The Labute approximate surface area is 281 Å². The van der Waals surface area contributed by atoms with Crippen LogP contribution in [0.5, 0.6) is 0 Å². The van der Waals surface area contributed by atoms with Crippen molar-refractivity contribution in [2.45, 2.75) is 85.4 Å². The van der Waals surface area contributed by atoms with Crippen LogP contribution in [0.2, 0.25) is 12.1 Å². The Morgan fingerprint density at radius 2 is 0.962 bits per heavy atom. The van der Waals surface area contributed by atoms with Crippen molar-refractivity contribution in [2.75, 3.05) is 39.3 Å². The van der Waals surface area contributed by atoms with Gasteiger partial charge in [0.05, 0.1) is 0 Å². The summed E-state index contributed by atoms with van der Waals surface area (Å²) in [5.74, 6) is -59.0. The molecule has 52 heavy (non-hydrogen) atoms. The van der Waals surface area contributed by atoms with Gasteiger partial charge in [-0.05, 0) is 19.0 Å². The van der Waals surface area contributed by atoms with Crippen LogP contribution in [0.15, 0.2) is 11.9 Å². The van der Waals surface area contributed by atoms with Gasteiger partial charge in [0.2, 0.25) is 0 Å². The summed E-state index contributed by atoms with van der Waals surface area (Å²) < 4.78 is 268. The highest BCUT2D eigenvalue weighted by molar-refractivity contribution is 6.72. The van der Waals surface area contributed by atoms with Gasteiger partial charge in [-0.2, -0.15) is 83.4 Å². The predicted molar refractivity (Wildman–Crippen MR) is 139 cm³/mol. The molecular weight excluding hydrogens is 822 g/mol. The van der Waals surface area contributed by atoms with Gasteiger partial charge in [-0.3, -0.25) is 0 Å². The maximum absolute atomic E-state index is 14.0. The van der Waals surface area contributed by atoms with E-state index in [9.17, 15) is 107 Å². The van der Waals surface area contributed by atoms with Crippen LogP contribution in [0.4, 0.5) is 87.8 Å². The monoisotopic (exact) mass is 853 g/mol. The van der Waals surface area contributed by atoms with Crippen molar-refractivity contribution >= 4 is 17.6 Å². The van der Waals surface area contributed by atoms with Crippen LogP contribution in [0, 0.1) is 0 Å². The largest absolute Gasteiger partial charge is 0.488 e. The number of rotatable bonds is 24. The Hall–Kier alpha value is -1.55. The maximum Gasteiger partial charge on any atom is 0.488 e. The molecule has 0 aliphatic carbocycles. The molecule has 0 aliphatic rings. The minimum absolute atomic E-state index is 0.0185. The van der Waals surface area contributed by atoms with E-state index < -0.39 is 109 Å². The molecule has 0 spiro atoms. The van der Waals surface area contributed by atoms with Gasteiger partial charge in [-0.15, -0.1) is 0 Å². The molecule has 0 atom stereocenters. The number of halogens is 20. The van der Waals surface area contributed by atoms with Crippen molar-refractivity contribution in [3.05, 3.63) is 11.9 Å². The van der Waals surface area contributed by atoms with Gasteiger partial charge >= 0.3 is 71.2 Å². The van der Waals surface area contributed by atoms with Crippen LogP contribution in [0.3, 0.4) is 0 Å². The van der Waals surface area contributed by atoms with E-state index in [1.807, 2.05) is 0 Å². The summed E-state index contributed by atoms with van der Waals surface area (Å²) in [4.78, 5) is 39.0. The zero-order valence-corrected chi connectivity index (χ0v) is 27.9. The van der Waals surface area contributed by atoms with Crippen molar-refractivity contribution in [3.8, 4) is 0 Å². The fraction of sp³-hybridized carbons (Fsp3) is 0.909. The summed E-state index contributed by atoms with van der Waals surface area (Å²) in [6.45, 7) is -2.18. The molecule has 0 saturated heterocycles. The Balaban J connectivity index is 4.76. The summed E-state index contributed by atoms with van der Waals surface area (Å²) in [6.07, 6.45) is -10.2.